The van der Waals surface area contributed by atoms with Crippen molar-refractivity contribution in [2.24, 2.45) is 0 Å². The van der Waals surface area contributed by atoms with E-state index in [0.29, 0.717) is 12.2 Å². The zero-order chi connectivity index (χ0) is 15.6. The SMILES string of the molecule is Cc1cc(CNc2ccc(F)c(NS(C)(=O)=O)c2)c(C)s1. The molecule has 0 bridgehead atoms. The Morgan fingerprint density at radius 1 is 1.24 bits per heavy atom. The number of anilines is 2. The van der Waals surface area contributed by atoms with Crippen LogP contribution in [-0.2, 0) is 16.6 Å². The summed E-state index contributed by atoms with van der Waals surface area (Å²) in [6.07, 6.45) is 0.990. The van der Waals surface area contributed by atoms with E-state index in [1.54, 1.807) is 17.4 Å². The minimum absolute atomic E-state index is 0.0549. The largest absolute Gasteiger partial charge is 0.381 e. The lowest BCUT2D eigenvalue weighted by Crippen LogP contribution is -2.11. The Morgan fingerprint density at radius 3 is 2.52 bits per heavy atom. The predicted molar refractivity (Wildman–Crippen MR) is 86.0 cm³/mol. The van der Waals surface area contributed by atoms with Crippen LogP contribution in [0.5, 0.6) is 0 Å². The van der Waals surface area contributed by atoms with Crippen molar-refractivity contribution >= 4 is 32.7 Å². The molecule has 0 aliphatic carbocycles. The molecule has 2 rings (SSSR count). The zero-order valence-corrected chi connectivity index (χ0v) is 13.7. The van der Waals surface area contributed by atoms with Gasteiger partial charge in [0.05, 0.1) is 11.9 Å². The number of aryl methyl sites for hydroxylation is 2. The first-order chi connectivity index (χ1) is 9.74. The van der Waals surface area contributed by atoms with Crippen molar-refractivity contribution in [3.63, 3.8) is 0 Å². The molecular weight excluding hydrogens is 311 g/mol. The highest BCUT2D eigenvalue weighted by Crippen LogP contribution is 2.24. The Kier molecular flexibility index (Phi) is 4.53. The molecule has 1 aromatic carbocycles. The number of benzene rings is 1. The average Bonchev–Trinajstić information content (AvgIpc) is 2.67. The highest BCUT2D eigenvalue weighted by Gasteiger charge is 2.09. The van der Waals surface area contributed by atoms with E-state index in [2.05, 4.69) is 23.0 Å². The van der Waals surface area contributed by atoms with E-state index in [-0.39, 0.29) is 5.69 Å². The standard InChI is InChI=1S/C14H17FN2O2S2/c1-9-6-11(10(2)20-9)8-16-12-4-5-13(15)14(7-12)17-21(3,18)19/h4-7,16-17H,8H2,1-3H3. The number of hydrogen-bond donors (Lipinski definition) is 2. The number of halogens is 1. The highest BCUT2D eigenvalue weighted by molar-refractivity contribution is 7.92. The summed E-state index contributed by atoms with van der Waals surface area (Å²) in [6, 6.07) is 6.37. The molecule has 0 atom stereocenters. The summed E-state index contributed by atoms with van der Waals surface area (Å²) in [5.41, 5.74) is 1.78. The van der Waals surface area contributed by atoms with Crippen LogP contribution in [0, 0.1) is 19.7 Å². The van der Waals surface area contributed by atoms with Gasteiger partial charge in [-0.15, -0.1) is 11.3 Å². The van der Waals surface area contributed by atoms with Gasteiger partial charge in [0, 0.05) is 22.0 Å². The molecule has 0 aliphatic rings. The minimum Gasteiger partial charge on any atom is -0.381 e. The molecule has 1 aromatic heterocycles. The van der Waals surface area contributed by atoms with E-state index in [1.165, 1.54) is 27.5 Å². The molecule has 0 radical (unpaired) electrons. The fourth-order valence-electron chi connectivity index (χ4n) is 1.97. The maximum Gasteiger partial charge on any atom is 0.229 e. The van der Waals surface area contributed by atoms with E-state index in [0.717, 1.165) is 6.26 Å². The monoisotopic (exact) mass is 328 g/mol. The van der Waals surface area contributed by atoms with Crippen molar-refractivity contribution in [3.05, 3.63) is 45.4 Å². The number of rotatable bonds is 5. The van der Waals surface area contributed by atoms with Crippen LogP contribution in [0.2, 0.25) is 0 Å². The summed E-state index contributed by atoms with van der Waals surface area (Å²) in [5.74, 6) is -0.603. The summed E-state index contributed by atoms with van der Waals surface area (Å²) in [5, 5.41) is 3.17. The molecule has 0 unspecified atom stereocenters. The van der Waals surface area contributed by atoms with Crippen LogP contribution in [0.1, 0.15) is 15.3 Å². The van der Waals surface area contributed by atoms with Crippen molar-refractivity contribution in [3.8, 4) is 0 Å². The number of hydrogen-bond acceptors (Lipinski definition) is 4. The van der Waals surface area contributed by atoms with Crippen molar-refractivity contribution in [1.82, 2.24) is 0 Å². The number of nitrogens with one attached hydrogen (secondary N) is 2. The lowest BCUT2D eigenvalue weighted by Gasteiger charge is -2.10. The minimum atomic E-state index is -3.50. The van der Waals surface area contributed by atoms with Crippen molar-refractivity contribution in [1.29, 1.82) is 0 Å². The van der Waals surface area contributed by atoms with Gasteiger partial charge < -0.3 is 5.32 Å². The molecule has 0 aliphatic heterocycles. The van der Waals surface area contributed by atoms with Gasteiger partial charge in [-0.3, -0.25) is 4.72 Å². The Balaban J connectivity index is 2.14. The molecule has 0 saturated carbocycles. The van der Waals surface area contributed by atoms with Gasteiger partial charge in [-0.1, -0.05) is 0 Å². The van der Waals surface area contributed by atoms with Crippen LogP contribution in [-0.4, -0.2) is 14.7 Å². The first-order valence-corrected chi connectivity index (χ1v) is 9.02. The first-order valence-electron chi connectivity index (χ1n) is 6.32. The van der Waals surface area contributed by atoms with Gasteiger partial charge in [-0.05, 0) is 43.7 Å². The van der Waals surface area contributed by atoms with E-state index >= 15 is 0 Å². The third kappa shape index (κ3) is 4.44. The molecule has 7 heteroatoms. The third-order valence-corrected chi connectivity index (χ3v) is 4.49. The Bertz CT molecular complexity index is 754. The molecule has 0 fully saturated rings. The van der Waals surface area contributed by atoms with Crippen LogP contribution in [0.3, 0.4) is 0 Å². The molecule has 2 aromatic rings. The van der Waals surface area contributed by atoms with Crippen LogP contribution in [0.15, 0.2) is 24.3 Å². The molecule has 0 amide bonds. The lowest BCUT2D eigenvalue weighted by molar-refractivity contribution is 0.604. The first kappa shape index (κ1) is 15.8. The second-order valence-electron chi connectivity index (χ2n) is 4.86. The molecule has 2 N–H and O–H groups in total. The summed E-state index contributed by atoms with van der Waals surface area (Å²) < 4.78 is 38.1. The van der Waals surface area contributed by atoms with E-state index in [1.807, 2.05) is 6.92 Å². The molecule has 21 heavy (non-hydrogen) atoms. The van der Waals surface area contributed by atoms with E-state index in [4.69, 9.17) is 0 Å². The third-order valence-electron chi connectivity index (χ3n) is 2.89. The van der Waals surface area contributed by atoms with E-state index < -0.39 is 15.8 Å². The number of thiophene rings is 1. The maximum atomic E-state index is 13.6. The van der Waals surface area contributed by atoms with Gasteiger partial charge in [0.1, 0.15) is 5.82 Å². The normalized spacial score (nSPS) is 11.4. The van der Waals surface area contributed by atoms with Gasteiger partial charge >= 0.3 is 0 Å². The summed E-state index contributed by atoms with van der Waals surface area (Å²) in [7, 11) is -3.50. The van der Waals surface area contributed by atoms with Crippen molar-refractivity contribution in [2.45, 2.75) is 20.4 Å². The lowest BCUT2D eigenvalue weighted by atomic mass is 10.2. The molecule has 4 nitrogen and oxygen atoms in total. The van der Waals surface area contributed by atoms with Gasteiger partial charge in [0.2, 0.25) is 10.0 Å². The van der Waals surface area contributed by atoms with Gasteiger partial charge in [0.15, 0.2) is 0 Å². The average molecular weight is 328 g/mol. The fraction of sp³-hybridized carbons (Fsp3) is 0.286. The molecule has 114 valence electrons. The molecule has 0 saturated heterocycles. The second kappa shape index (κ2) is 6.03. The van der Waals surface area contributed by atoms with Crippen molar-refractivity contribution < 1.29 is 12.8 Å². The summed E-state index contributed by atoms with van der Waals surface area (Å²) in [4.78, 5) is 2.47. The predicted octanol–water partition coefficient (Wildman–Crippen LogP) is 3.49. The fourth-order valence-corrected chi connectivity index (χ4v) is 3.47. The van der Waals surface area contributed by atoms with Crippen LogP contribution >= 0.6 is 11.3 Å². The smallest absolute Gasteiger partial charge is 0.229 e. The zero-order valence-electron chi connectivity index (χ0n) is 12.0. The summed E-state index contributed by atoms with van der Waals surface area (Å²) in [6.45, 7) is 4.71. The molecular formula is C14H17FN2O2S2. The highest BCUT2D eigenvalue weighted by atomic mass is 32.2. The van der Waals surface area contributed by atoms with Crippen LogP contribution < -0.4 is 10.0 Å². The van der Waals surface area contributed by atoms with Gasteiger partial charge in [0.25, 0.3) is 0 Å². The van der Waals surface area contributed by atoms with Gasteiger partial charge in [-0.25, -0.2) is 12.8 Å². The summed E-state index contributed by atoms with van der Waals surface area (Å²) >= 11 is 1.73. The van der Waals surface area contributed by atoms with Crippen LogP contribution in [0.4, 0.5) is 15.8 Å². The quantitative estimate of drug-likeness (QED) is 0.883. The van der Waals surface area contributed by atoms with Gasteiger partial charge in [-0.2, -0.15) is 0 Å². The number of sulfonamides is 1. The molecule has 1 heterocycles. The second-order valence-corrected chi connectivity index (χ2v) is 8.07. The van der Waals surface area contributed by atoms with Crippen LogP contribution in [0.25, 0.3) is 0 Å². The maximum absolute atomic E-state index is 13.6. The Morgan fingerprint density at radius 2 is 1.95 bits per heavy atom. The molecule has 0 spiro atoms. The van der Waals surface area contributed by atoms with E-state index in [9.17, 15) is 12.8 Å². The Hall–Kier alpha value is -1.60. The Labute approximate surface area is 128 Å². The topological polar surface area (TPSA) is 58.2 Å². The van der Waals surface area contributed by atoms with Crippen molar-refractivity contribution in [2.75, 3.05) is 16.3 Å².